The zero-order chi connectivity index (χ0) is 19.6. The quantitative estimate of drug-likeness (QED) is 0.696. The summed E-state index contributed by atoms with van der Waals surface area (Å²) in [5, 5.41) is -0.0582. The van der Waals surface area contributed by atoms with Crippen molar-refractivity contribution in [1.29, 1.82) is 0 Å². The van der Waals surface area contributed by atoms with Crippen molar-refractivity contribution in [1.82, 2.24) is 0 Å². The Hall–Kier alpha value is -2.80. The van der Waals surface area contributed by atoms with Crippen LogP contribution in [0.4, 0.5) is 0 Å². The lowest BCUT2D eigenvalue weighted by atomic mass is 10.0. The van der Waals surface area contributed by atoms with Crippen molar-refractivity contribution < 1.29 is 28.5 Å². The summed E-state index contributed by atoms with van der Waals surface area (Å²) >= 11 is 1.16. The topological polar surface area (TPSA) is 63.2 Å². The SMILES string of the molecule is COc1cc2c(cc1OC)C(=Cc1ccc(OC)c(OC)c1OC)C(=O)S2. The van der Waals surface area contributed by atoms with Gasteiger partial charge in [0.1, 0.15) is 0 Å². The normalized spacial score (nSPS) is 14.1. The summed E-state index contributed by atoms with van der Waals surface area (Å²) in [6.45, 7) is 0. The molecule has 1 aliphatic rings. The van der Waals surface area contributed by atoms with Crippen molar-refractivity contribution in [2.24, 2.45) is 0 Å². The van der Waals surface area contributed by atoms with Gasteiger partial charge < -0.3 is 23.7 Å². The molecule has 0 saturated carbocycles. The van der Waals surface area contributed by atoms with Gasteiger partial charge >= 0.3 is 0 Å². The number of rotatable bonds is 6. The highest BCUT2D eigenvalue weighted by Gasteiger charge is 2.29. The highest BCUT2D eigenvalue weighted by atomic mass is 32.2. The maximum atomic E-state index is 12.6. The first kappa shape index (κ1) is 19.0. The van der Waals surface area contributed by atoms with E-state index in [2.05, 4.69) is 0 Å². The first-order valence-corrected chi connectivity index (χ1v) is 8.88. The minimum atomic E-state index is -0.0582. The third kappa shape index (κ3) is 3.30. The lowest BCUT2D eigenvalue weighted by Gasteiger charge is -2.14. The Balaban J connectivity index is 2.16. The molecule has 0 radical (unpaired) electrons. The molecule has 0 unspecified atom stereocenters. The van der Waals surface area contributed by atoms with Crippen LogP contribution in [0.15, 0.2) is 29.2 Å². The van der Waals surface area contributed by atoms with E-state index in [9.17, 15) is 4.79 Å². The Kier molecular flexibility index (Phi) is 5.51. The number of fused-ring (bicyclic) bond motifs is 1. The molecule has 0 aromatic heterocycles. The van der Waals surface area contributed by atoms with Gasteiger partial charge in [0.2, 0.25) is 10.9 Å². The molecule has 2 aromatic carbocycles. The molecule has 6 nitrogen and oxygen atoms in total. The van der Waals surface area contributed by atoms with E-state index in [0.717, 1.165) is 22.2 Å². The summed E-state index contributed by atoms with van der Waals surface area (Å²) in [7, 11) is 7.78. The highest BCUT2D eigenvalue weighted by Crippen LogP contribution is 2.48. The van der Waals surface area contributed by atoms with Crippen molar-refractivity contribution in [3.05, 3.63) is 35.4 Å². The predicted octanol–water partition coefficient (Wildman–Crippen LogP) is 3.90. The van der Waals surface area contributed by atoms with Crippen LogP contribution in [0.1, 0.15) is 11.1 Å². The van der Waals surface area contributed by atoms with Gasteiger partial charge in [-0.3, -0.25) is 4.79 Å². The summed E-state index contributed by atoms with van der Waals surface area (Å²) in [6.07, 6.45) is 1.79. The monoisotopic (exact) mass is 388 g/mol. The number of methoxy groups -OCH3 is 5. The fourth-order valence-corrected chi connectivity index (χ4v) is 3.87. The highest BCUT2D eigenvalue weighted by molar-refractivity contribution is 8.15. The average molecular weight is 388 g/mol. The molecule has 0 fully saturated rings. The van der Waals surface area contributed by atoms with Gasteiger partial charge in [0.25, 0.3) is 0 Å². The number of ether oxygens (including phenoxy) is 5. The minimum absolute atomic E-state index is 0.0582. The molecule has 3 rings (SSSR count). The Bertz CT molecular complexity index is 919. The average Bonchev–Trinajstić information content (AvgIpc) is 3.00. The third-order valence-corrected chi connectivity index (χ3v) is 5.20. The molecule has 142 valence electrons. The lowest BCUT2D eigenvalue weighted by molar-refractivity contribution is -0.106. The van der Waals surface area contributed by atoms with E-state index in [0.29, 0.717) is 39.9 Å². The number of carbonyl (C=O) groups is 1. The fraction of sp³-hybridized carbons (Fsp3) is 0.250. The summed E-state index contributed by atoms with van der Waals surface area (Å²) in [5.74, 6) is 2.67. The van der Waals surface area contributed by atoms with Crippen molar-refractivity contribution in [2.75, 3.05) is 35.5 Å². The number of hydrogen-bond acceptors (Lipinski definition) is 7. The van der Waals surface area contributed by atoms with E-state index >= 15 is 0 Å². The second kappa shape index (κ2) is 7.84. The van der Waals surface area contributed by atoms with E-state index in [1.807, 2.05) is 18.2 Å². The Morgan fingerprint density at radius 3 is 2.00 bits per heavy atom. The standard InChI is InChI=1S/C20H20O6S/c1-22-14-7-6-11(18(25-4)19(14)26-5)8-13-12-9-15(23-2)16(24-3)10-17(12)27-20(13)21/h6-10H,1-5H3. The molecule has 7 heteroatoms. The van der Waals surface area contributed by atoms with Gasteiger partial charge in [-0.2, -0.15) is 0 Å². The molecule has 0 bridgehead atoms. The summed E-state index contributed by atoms with van der Waals surface area (Å²) in [4.78, 5) is 13.5. The van der Waals surface area contributed by atoms with E-state index in [-0.39, 0.29) is 5.12 Å². The maximum absolute atomic E-state index is 12.6. The van der Waals surface area contributed by atoms with Crippen LogP contribution in [0, 0.1) is 0 Å². The molecule has 2 aromatic rings. The molecule has 1 aliphatic heterocycles. The second-order valence-corrected chi connectivity index (χ2v) is 6.59. The first-order chi connectivity index (χ1) is 13.1. The molecule has 0 spiro atoms. The number of carbonyl (C=O) groups excluding carboxylic acids is 1. The van der Waals surface area contributed by atoms with Crippen molar-refractivity contribution in [2.45, 2.75) is 4.90 Å². The minimum Gasteiger partial charge on any atom is -0.493 e. The van der Waals surface area contributed by atoms with Crippen LogP contribution in [-0.2, 0) is 4.79 Å². The molecule has 0 atom stereocenters. The van der Waals surface area contributed by atoms with Gasteiger partial charge in [-0.05, 0) is 42.1 Å². The van der Waals surface area contributed by atoms with Gasteiger partial charge in [0, 0.05) is 21.6 Å². The Morgan fingerprint density at radius 1 is 0.778 bits per heavy atom. The Morgan fingerprint density at radius 2 is 1.41 bits per heavy atom. The number of hydrogen-bond donors (Lipinski definition) is 0. The molecular formula is C20H20O6S. The molecule has 0 amide bonds. The zero-order valence-electron chi connectivity index (χ0n) is 15.7. The summed E-state index contributed by atoms with van der Waals surface area (Å²) in [5.41, 5.74) is 2.06. The van der Waals surface area contributed by atoms with E-state index in [1.54, 1.807) is 47.7 Å². The number of benzene rings is 2. The van der Waals surface area contributed by atoms with Crippen molar-refractivity contribution in [3.63, 3.8) is 0 Å². The maximum Gasteiger partial charge on any atom is 0.224 e. The van der Waals surface area contributed by atoms with Crippen molar-refractivity contribution >= 4 is 28.5 Å². The van der Waals surface area contributed by atoms with Gasteiger partial charge in [0.15, 0.2) is 23.0 Å². The van der Waals surface area contributed by atoms with Gasteiger partial charge in [-0.15, -0.1) is 0 Å². The second-order valence-electron chi connectivity index (χ2n) is 5.57. The molecule has 27 heavy (non-hydrogen) atoms. The van der Waals surface area contributed by atoms with E-state index in [1.165, 1.54) is 0 Å². The van der Waals surface area contributed by atoms with Crippen LogP contribution in [0.3, 0.4) is 0 Å². The molecule has 0 aliphatic carbocycles. The van der Waals surface area contributed by atoms with E-state index in [4.69, 9.17) is 23.7 Å². The third-order valence-electron chi connectivity index (χ3n) is 4.23. The summed E-state index contributed by atoms with van der Waals surface area (Å²) in [6, 6.07) is 7.22. The van der Waals surface area contributed by atoms with Crippen LogP contribution in [-0.4, -0.2) is 40.7 Å². The summed E-state index contributed by atoms with van der Waals surface area (Å²) < 4.78 is 26.9. The first-order valence-electron chi connectivity index (χ1n) is 8.07. The molecular weight excluding hydrogens is 368 g/mol. The Labute approximate surface area is 162 Å². The van der Waals surface area contributed by atoms with E-state index < -0.39 is 0 Å². The van der Waals surface area contributed by atoms with Crippen LogP contribution in [0.25, 0.3) is 11.6 Å². The molecule has 0 saturated heterocycles. The fourth-order valence-electron chi connectivity index (χ4n) is 2.95. The zero-order valence-corrected chi connectivity index (χ0v) is 16.6. The lowest BCUT2D eigenvalue weighted by Crippen LogP contribution is -1.98. The van der Waals surface area contributed by atoms with Crippen LogP contribution in [0.2, 0.25) is 0 Å². The van der Waals surface area contributed by atoms with Gasteiger partial charge in [0.05, 0.1) is 35.5 Å². The number of thioether (sulfide) groups is 1. The van der Waals surface area contributed by atoms with Crippen LogP contribution >= 0.6 is 11.8 Å². The molecule has 0 N–H and O–H groups in total. The van der Waals surface area contributed by atoms with Gasteiger partial charge in [-0.25, -0.2) is 0 Å². The van der Waals surface area contributed by atoms with Crippen molar-refractivity contribution in [3.8, 4) is 28.7 Å². The van der Waals surface area contributed by atoms with Crippen LogP contribution < -0.4 is 23.7 Å². The predicted molar refractivity (Wildman–Crippen MR) is 104 cm³/mol. The molecule has 1 heterocycles. The largest absolute Gasteiger partial charge is 0.493 e. The van der Waals surface area contributed by atoms with Crippen LogP contribution in [0.5, 0.6) is 28.7 Å². The van der Waals surface area contributed by atoms with Gasteiger partial charge in [-0.1, -0.05) is 0 Å². The smallest absolute Gasteiger partial charge is 0.224 e.